The first-order chi connectivity index (χ1) is 13.5. The molecular weight excluding hydrogens is 397 g/mol. The summed E-state index contributed by atoms with van der Waals surface area (Å²) < 4.78 is 0. The molecule has 0 bridgehead atoms. The van der Waals surface area contributed by atoms with E-state index in [0.717, 1.165) is 30.6 Å². The van der Waals surface area contributed by atoms with E-state index in [9.17, 15) is 9.59 Å². The molecule has 0 aliphatic carbocycles. The van der Waals surface area contributed by atoms with Crippen LogP contribution in [-0.4, -0.2) is 41.0 Å². The van der Waals surface area contributed by atoms with Gasteiger partial charge in [-0.05, 0) is 43.2 Å². The molecule has 0 spiro atoms. The molecule has 2 aromatic carbocycles. The van der Waals surface area contributed by atoms with Crippen molar-refractivity contribution in [1.29, 1.82) is 0 Å². The van der Waals surface area contributed by atoms with Crippen LogP contribution in [0.3, 0.4) is 0 Å². The number of amides is 2. The Balaban J connectivity index is 1.60. The highest BCUT2D eigenvalue weighted by Crippen LogP contribution is 2.50. The van der Waals surface area contributed by atoms with Crippen molar-refractivity contribution in [1.82, 2.24) is 10.0 Å². The Labute approximate surface area is 173 Å². The van der Waals surface area contributed by atoms with Crippen LogP contribution in [0.5, 0.6) is 0 Å². The molecule has 3 aliphatic heterocycles. The lowest BCUT2D eigenvalue weighted by molar-refractivity contribution is -0.126. The van der Waals surface area contributed by atoms with Crippen molar-refractivity contribution in [2.45, 2.75) is 25.4 Å². The van der Waals surface area contributed by atoms with Crippen molar-refractivity contribution in [2.75, 3.05) is 18.0 Å². The zero-order chi connectivity index (χ0) is 19.6. The Bertz CT molecular complexity index is 978. The molecule has 0 N–H and O–H groups in total. The Hall–Kier alpha value is -1.92. The maximum atomic E-state index is 13.5. The second-order valence-electron chi connectivity index (χ2n) is 7.61. The SMILES string of the molecule is Cc1ccc(N2C(=O)[C@@H]3[C@H](C2=O)N2CCCN2[C@H]3c2ccc(Cl)cc2Cl)cc1. The molecule has 2 aromatic rings. The van der Waals surface area contributed by atoms with Gasteiger partial charge in [-0.15, -0.1) is 0 Å². The Morgan fingerprint density at radius 1 is 0.893 bits per heavy atom. The molecule has 7 heteroatoms. The molecule has 5 rings (SSSR count). The van der Waals surface area contributed by atoms with Crippen molar-refractivity contribution in [3.63, 3.8) is 0 Å². The van der Waals surface area contributed by atoms with E-state index in [0.29, 0.717) is 15.7 Å². The monoisotopic (exact) mass is 415 g/mol. The number of hydrazine groups is 1. The van der Waals surface area contributed by atoms with E-state index < -0.39 is 12.0 Å². The van der Waals surface area contributed by atoms with Gasteiger partial charge in [0.2, 0.25) is 5.91 Å². The molecule has 3 aliphatic rings. The first-order valence-electron chi connectivity index (χ1n) is 9.40. The fourth-order valence-corrected chi connectivity index (χ4v) is 5.30. The molecule has 144 valence electrons. The van der Waals surface area contributed by atoms with Crippen molar-refractivity contribution < 1.29 is 9.59 Å². The van der Waals surface area contributed by atoms with Crippen molar-refractivity contribution in [3.05, 3.63) is 63.6 Å². The number of rotatable bonds is 2. The minimum absolute atomic E-state index is 0.154. The highest BCUT2D eigenvalue weighted by molar-refractivity contribution is 6.35. The third-order valence-electron chi connectivity index (χ3n) is 5.98. The van der Waals surface area contributed by atoms with Gasteiger partial charge in [0, 0.05) is 23.1 Å². The van der Waals surface area contributed by atoms with Crippen LogP contribution < -0.4 is 4.90 Å². The summed E-state index contributed by atoms with van der Waals surface area (Å²) in [6.07, 6.45) is 0.955. The summed E-state index contributed by atoms with van der Waals surface area (Å²) in [5.74, 6) is -0.796. The van der Waals surface area contributed by atoms with Gasteiger partial charge in [-0.2, -0.15) is 0 Å². The van der Waals surface area contributed by atoms with Gasteiger partial charge in [-0.1, -0.05) is 47.0 Å². The second-order valence-corrected chi connectivity index (χ2v) is 8.45. The fourth-order valence-electron chi connectivity index (χ4n) is 4.78. The largest absolute Gasteiger partial charge is 0.274 e. The van der Waals surface area contributed by atoms with Gasteiger partial charge >= 0.3 is 0 Å². The Morgan fingerprint density at radius 2 is 1.57 bits per heavy atom. The number of imide groups is 1. The van der Waals surface area contributed by atoms with E-state index in [4.69, 9.17) is 23.2 Å². The normalized spacial score (nSPS) is 27.5. The molecule has 3 atom stereocenters. The third kappa shape index (κ3) is 2.54. The molecule has 0 saturated carbocycles. The number of nitrogens with zero attached hydrogens (tertiary/aromatic N) is 3. The predicted molar refractivity (Wildman–Crippen MR) is 108 cm³/mol. The van der Waals surface area contributed by atoms with E-state index >= 15 is 0 Å². The number of carbonyl (C=O) groups is 2. The summed E-state index contributed by atoms with van der Waals surface area (Å²) in [7, 11) is 0. The zero-order valence-electron chi connectivity index (χ0n) is 15.3. The predicted octanol–water partition coefficient (Wildman–Crippen LogP) is 3.84. The van der Waals surface area contributed by atoms with Gasteiger partial charge in [0.05, 0.1) is 17.6 Å². The second kappa shape index (κ2) is 6.56. The highest BCUT2D eigenvalue weighted by Gasteiger charge is 2.63. The molecular formula is C21H19Cl2N3O2. The van der Waals surface area contributed by atoms with E-state index in [1.165, 1.54) is 4.90 Å². The number of fused-ring (bicyclic) bond motifs is 3. The van der Waals surface area contributed by atoms with Crippen LogP contribution in [0.4, 0.5) is 5.69 Å². The van der Waals surface area contributed by atoms with Gasteiger partial charge < -0.3 is 0 Å². The van der Waals surface area contributed by atoms with Gasteiger partial charge in [0.1, 0.15) is 6.04 Å². The number of carbonyl (C=O) groups excluding carboxylic acids is 2. The highest BCUT2D eigenvalue weighted by atomic mass is 35.5. The lowest BCUT2D eigenvalue weighted by Gasteiger charge is -2.30. The van der Waals surface area contributed by atoms with Crippen LogP contribution in [-0.2, 0) is 9.59 Å². The Kier molecular flexibility index (Phi) is 4.25. The van der Waals surface area contributed by atoms with Crippen LogP contribution in [0.1, 0.15) is 23.6 Å². The summed E-state index contributed by atoms with van der Waals surface area (Å²) in [6.45, 7) is 3.55. The van der Waals surface area contributed by atoms with E-state index in [-0.39, 0.29) is 17.9 Å². The van der Waals surface area contributed by atoms with Crippen molar-refractivity contribution in [3.8, 4) is 0 Å². The van der Waals surface area contributed by atoms with Crippen LogP contribution in [0.2, 0.25) is 10.0 Å². The molecule has 0 radical (unpaired) electrons. The van der Waals surface area contributed by atoms with Gasteiger partial charge in [0.15, 0.2) is 0 Å². The quantitative estimate of drug-likeness (QED) is 0.698. The summed E-state index contributed by atoms with van der Waals surface area (Å²) in [5, 5.41) is 5.29. The molecule has 0 unspecified atom stereocenters. The molecule has 2 amide bonds. The molecule has 28 heavy (non-hydrogen) atoms. The number of halogens is 2. The number of benzene rings is 2. The lowest BCUT2D eigenvalue weighted by Crippen LogP contribution is -2.44. The van der Waals surface area contributed by atoms with Crippen LogP contribution in [0, 0.1) is 12.8 Å². The number of hydrogen-bond acceptors (Lipinski definition) is 4. The average Bonchev–Trinajstić information content (AvgIpc) is 3.30. The fraction of sp³-hybridized carbons (Fsp3) is 0.333. The molecule has 3 heterocycles. The third-order valence-corrected chi connectivity index (χ3v) is 6.54. The van der Waals surface area contributed by atoms with E-state index in [1.54, 1.807) is 12.1 Å². The summed E-state index contributed by atoms with van der Waals surface area (Å²) in [4.78, 5) is 28.1. The molecule has 5 nitrogen and oxygen atoms in total. The molecule has 3 fully saturated rings. The average molecular weight is 416 g/mol. The van der Waals surface area contributed by atoms with Crippen LogP contribution in [0.15, 0.2) is 42.5 Å². The summed E-state index contributed by atoms with van der Waals surface area (Å²) >= 11 is 12.6. The standard InChI is InChI=1S/C21H19Cl2N3O2/c1-12-3-6-14(7-4-12)26-20(27)17-18(15-8-5-13(22)11-16(15)23)24-9-2-10-25(24)19(17)21(26)28/h3-8,11,17-19H,2,9-10H2,1H3/t17-,18-,19+/m0/s1. The van der Waals surface area contributed by atoms with Crippen LogP contribution >= 0.6 is 23.2 Å². The van der Waals surface area contributed by atoms with E-state index in [2.05, 4.69) is 10.0 Å². The minimum Gasteiger partial charge on any atom is -0.274 e. The van der Waals surface area contributed by atoms with Gasteiger partial charge in [-0.25, -0.2) is 14.9 Å². The summed E-state index contributed by atoms with van der Waals surface area (Å²) in [6, 6.07) is 12.1. The van der Waals surface area contributed by atoms with Gasteiger partial charge in [-0.3, -0.25) is 9.59 Å². The summed E-state index contributed by atoms with van der Waals surface area (Å²) in [5.41, 5.74) is 2.55. The van der Waals surface area contributed by atoms with Crippen LogP contribution in [0.25, 0.3) is 0 Å². The zero-order valence-corrected chi connectivity index (χ0v) is 16.8. The van der Waals surface area contributed by atoms with Gasteiger partial charge in [0.25, 0.3) is 5.91 Å². The maximum Gasteiger partial charge on any atom is 0.253 e. The minimum atomic E-state index is -0.479. The molecule has 0 aromatic heterocycles. The number of anilines is 1. The first kappa shape index (κ1) is 18.1. The van der Waals surface area contributed by atoms with Crippen molar-refractivity contribution in [2.24, 2.45) is 5.92 Å². The first-order valence-corrected chi connectivity index (χ1v) is 10.2. The van der Waals surface area contributed by atoms with E-state index in [1.807, 2.05) is 37.3 Å². The number of hydrogen-bond donors (Lipinski definition) is 0. The molecule has 3 saturated heterocycles. The number of aryl methyl sites for hydroxylation is 1. The topological polar surface area (TPSA) is 43.9 Å². The maximum absolute atomic E-state index is 13.5. The lowest BCUT2D eigenvalue weighted by atomic mass is 9.90. The Morgan fingerprint density at radius 3 is 2.25 bits per heavy atom. The smallest absolute Gasteiger partial charge is 0.253 e. The van der Waals surface area contributed by atoms with Crippen molar-refractivity contribution >= 4 is 40.7 Å².